The maximum absolute atomic E-state index is 11.9. The first kappa shape index (κ1) is 12.8. The van der Waals surface area contributed by atoms with Crippen molar-refractivity contribution in [3.63, 3.8) is 0 Å². The van der Waals surface area contributed by atoms with Crippen molar-refractivity contribution >= 4 is 15.9 Å². The van der Waals surface area contributed by atoms with Crippen molar-refractivity contribution in [3.8, 4) is 0 Å². The number of carbonyl (C=O) groups is 1. The number of amides is 1. The fourth-order valence-corrected chi connectivity index (χ4v) is 3.08. The molecule has 1 N–H and O–H groups in total. The highest BCUT2D eigenvalue weighted by Crippen LogP contribution is 2.28. The third-order valence-corrected chi connectivity index (χ3v) is 4.76. The summed E-state index contributed by atoms with van der Waals surface area (Å²) in [5.74, 6) is 0.510. The van der Waals surface area contributed by atoms with Gasteiger partial charge in [-0.1, -0.05) is 0 Å². The molecule has 6 heteroatoms. The summed E-state index contributed by atoms with van der Waals surface area (Å²) in [5.41, 5.74) is 0. The Balaban J connectivity index is 1.85. The van der Waals surface area contributed by atoms with Crippen molar-refractivity contribution in [3.05, 3.63) is 0 Å². The van der Waals surface area contributed by atoms with Gasteiger partial charge in [0.1, 0.15) is 0 Å². The van der Waals surface area contributed by atoms with Crippen LogP contribution in [0.2, 0.25) is 0 Å². The summed E-state index contributed by atoms with van der Waals surface area (Å²) in [6.07, 6.45) is 5.19. The molecule has 1 saturated heterocycles. The molecule has 2 aliphatic rings. The average molecular weight is 260 g/mol. The van der Waals surface area contributed by atoms with E-state index in [1.165, 1.54) is 23.4 Å². The van der Waals surface area contributed by atoms with E-state index in [9.17, 15) is 13.2 Å². The summed E-state index contributed by atoms with van der Waals surface area (Å²) < 4.78 is 24.3. The summed E-state index contributed by atoms with van der Waals surface area (Å²) >= 11 is 0. The fourth-order valence-electron chi connectivity index (χ4n) is 2.17. The molecule has 1 saturated carbocycles. The molecule has 0 radical (unpaired) electrons. The second-order valence-corrected chi connectivity index (χ2v) is 7.13. The van der Waals surface area contributed by atoms with Gasteiger partial charge in [-0.15, -0.1) is 0 Å². The minimum Gasteiger partial charge on any atom is -0.356 e. The largest absolute Gasteiger partial charge is 0.356 e. The number of sulfonamides is 1. The van der Waals surface area contributed by atoms with Crippen LogP contribution in [-0.2, 0) is 14.8 Å². The van der Waals surface area contributed by atoms with Crippen LogP contribution in [0.5, 0.6) is 0 Å². The molecule has 0 spiro atoms. The molecule has 17 heavy (non-hydrogen) atoms. The maximum atomic E-state index is 11.9. The van der Waals surface area contributed by atoms with Gasteiger partial charge in [0, 0.05) is 19.6 Å². The predicted octanol–water partition coefficient (Wildman–Crippen LogP) is 0.184. The monoisotopic (exact) mass is 260 g/mol. The van der Waals surface area contributed by atoms with Gasteiger partial charge in [-0.2, -0.15) is 0 Å². The average Bonchev–Trinajstić information content (AvgIpc) is 3.09. The van der Waals surface area contributed by atoms with Crippen molar-refractivity contribution in [2.75, 3.05) is 25.9 Å². The van der Waals surface area contributed by atoms with E-state index in [-0.39, 0.29) is 11.8 Å². The number of nitrogens with one attached hydrogen (secondary N) is 1. The Morgan fingerprint density at radius 2 is 2.06 bits per heavy atom. The van der Waals surface area contributed by atoms with Crippen LogP contribution in [0.3, 0.4) is 0 Å². The Morgan fingerprint density at radius 1 is 1.35 bits per heavy atom. The number of nitrogens with zero attached hydrogens (tertiary/aromatic N) is 1. The molecule has 5 nitrogen and oxygen atoms in total. The van der Waals surface area contributed by atoms with E-state index in [2.05, 4.69) is 5.32 Å². The quantitative estimate of drug-likeness (QED) is 0.784. The van der Waals surface area contributed by atoms with Crippen molar-refractivity contribution in [1.29, 1.82) is 0 Å². The molecule has 0 aromatic carbocycles. The maximum Gasteiger partial charge on any atom is 0.224 e. The molecule has 1 aliphatic carbocycles. The van der Waals surface area contributed by atoms with E-state index in [1.54, 1.807) is 0 Å². The SMILES string of the molecule is CS(=O)(=O)N1CCC[C@@H](C(=O)NCC2CC2)C1. The van der Waals surface area contributed by atoms with Crippen molar-refractivity contribution < 1.29 is 13.2 Å². The lowest BCUT2D eigenvalue weighted by atomic mass is 9.99. The van der Waals surface area contributed by atoms with Crippen molar-refractivity contribution in [2.45, 2.75) is 25.7 Å². The lowest BCUT2D eigenvalue weighted by molar-refractivity contribution is -0.126. The number of rotatable bonds is 4. The first-order valence-corrected chi connectivity index (χ1v) is 8.04. The van der Waals surface area contributed by atoms with Crippen LogP contribution in [-0.4, -0.2) is 44.5 Å². The predicted molar refractivity (Wildman–Crippen MR) is 64.9 cm³/mol. The van der Waals surface area contributed by atoms with Crippen LogP contribution < -0.4 is 5.32 Å². The lowest BCUT2D eigenvalue weighted by Crippen LogP contribution is -2.45. The molecule has 0 unspecified atom stereocenters. The van der Waals surface area contributed by atoms with Gasteiger partial charge in [-0.3, -0.25) is 4.79 Å². The summed E-state index contributed by atoms with van der Waals surface area (Å²) in [6.45, 7) is 1.65. The molecule has 1 amide bonds. The van der Waals surface area contributed by atoms with Gasteiger partial charge in [0.25, 0.3) is 0 Å². The minimum absolute atomic E-state index is 0.0188. The highest BCUT2D eigenvalue weighted by atomic mass is 32.2. The summed E-state index contributed by atoms with van der Waals surface area (Å²) in [5, 5.41) is 2.93. The van der Waals surface area contributed by atoms with E-state index < -0.39 is 10.0 Å². The van der Waals surface area contributed by atoms with Gasteiger partial charge in [-0.25, -0.2) is 12.7 Å². The van der Waals surface area contributed by atoms with E-state index >= 15 is 0 Å². The lowest BCUT2D eigenvalue weighted by Gasteiger charge is -2.30. The smallest absolute Gasteiger partial charge is 0.224 e. The highest BCUT2D eigenvalue weighted by Gasteiger charge is 2.31. The first-order valence-electron chi connectivity index (χ1n) is 6.19. The number of piperidine rings is 1. The Kier molecular flexibility index (Phi) is 3.73. The zero-order chi connectivity index (χ0) is 12.5. The summed E-state index contributed by atoms with van der Waals surface area (Å²) in [4.78, 5) is 11.9. The van der Waals surface area contributed by atoms with Gasteiger partial charge in [0.2, 0.25) is 15.9 Å². The van der Waals surface area contributed by atoms with Crippen LogP contribution in [0, 0.1) is 11.8 Å². The molecule has 1 atom stereocenters. The van der Waals surface area contributed by atoms with Crippen LogP contribution in [0.1, 0.15) is 25.7 Å². The van der Waals surface area contributed by atoms with E-state index in [0.717, 1.165) is 19.4 Å². The topological polar surface area (TPSA) is 66.5 Å². The first-order chi connectivity index (χ1) is 7.97. The number of hydrogen-bond donors (Lipinski definition) is 1. The van der Waals surface area contributed by atoms with Crippen LogP contribution in [0.15, 0.2) is 0 Å². The second kappa shape index (κ2) is 4.94. The zero-order valence-electron chi connectivity index (χ0n) is 10.2. The summed E-state index contributed by atoms with van der Waals surface area (Å²) in [6, 6.07) is 0. The van der Waals surface area contributed by atoms with Gasteiger partial charge in [0.15, 0.2) is 0 Å². The molecule has 0 aromatic rings. The zero-order valence-corrected chi connectivity index (χ0v) is 11.0. The fraction of sp³-hybridized carbons (Fsp3) is 0.909. The second-order valence-electron chi connectivity index (χ2n) is 5.15. The molecule has 2 rings (SSSR count). The highest BCUT2D eigenvalue weighted by molar-refractivity contribution is 7.88. The Morgan fingerprint density at radius 3 is 2.65 bits per heavy atom. The number of hydrogen-bond acceptors (Lipinski definition) is 3. The Hall–Kier alpha value is -0.620. The normalized spacial score (nSPS) is 26.8. The van der Waals surface area contributed by atoms with Gasteiger partial charge >= 0.3 is 0 Å². The van der Waals surface area contributed by atoms with Gasteiger partial charge in [-0.05, 0) is 31.6 Å². The van der Waals surface area contributed by atoms with E-state index in [4.69, 9.17) is 0 Å². The van der Waals surface area contributed by atoms with Crippen LogP contribution in [0.4, 0.5) is 0 Å². The van der Waals surface area contributed by atoms with Gasteiger partial charge in [0.05, 0.1) is 12.2 Å². The van der Waals surface area contributed by atoms with E-state index in [1.807, 2.05) is 0 Å². The standard InChI is InChI=1S/C11H20N2O3S/c1-17(15,16)13-6-2-3-10(8-13)11(14)12-7-9-4-5-9/h9-10H,2-8H2,1H3,(H,12,14)/t10-/m1/s1. The van der Waals surface area contributed by atoms with Crippen LogP contribution >= 0.6 is 0 Å². The molecule has 1 aliphatic heterocycles. The third kappa shape index (κ3) is 3.67. The molecular formula is C11H20N2O3S. The molecule has 0 bridgehead atoms. The summed E-state index contributed by atoms with van der Waals surface area (Å²) in [7, 11) is -3.16. The molecule has 2 fully saturated rings. The molecule has 0 aromatic heterocycles. The molecule has 98 valence electrons. The molecular weight excluding hydrogens is 240 g/mol. The van der Waals surface area contributed by atoms with E-state index in [0.29, 0.717) is 19.0 Å². The van der Waals surface area contributed by atoms with Gasteiger partial charge < -0.3 is 5.32 Å². The third-order valence-electron chi connectivity index (χ3n) is 3.49. The van der Waals surface area contributed by atoms with Crippen molar-refractivity contribution in [1.82, 2.24) is 9.62 Å². The van der Waals surface area contributed by atoms with Crippen molar-refractivity contribution in [2.24, 2.45) is 11.8 Å². The van der Waals surface area contributed by atoms with Crippen LogP contribution in [0.25, 0.3) is 0 Å². The number of carbonyl (C=O) groups excluding carboxylic acids is 1. The molecule has 1 heterocycles. The Labute approximate surface area is 103 Å². The Bertz CT molecular complexity index is 390. The minimum atomic E-state index is -3.16.